The molecule has 6 rings (SSSR count). The van der Waals surface area contributed by atoms with Crippen LogP contribution in [-0.4, -0.2) is 166 Å². The molecule has 5 aromatic rings. The number of H-pyrrole nitrogens is 1. The SMILES string of the molecule is C[C@@H](O)[C@@H]1NC(=O)[C@H](CCCCN)NC(=O)[C@@H](Cc2c[nH]c3ccccc23)NC(=O)[C@H](Cc2ccccc2)NC(=O)[C@@H](NC(=O)[C@H](CCCN=C(N)N)NC(=O)[C@H](N)Cc2ccccc2)CSSCCN(CC(N)=O)C(=O)[C@H](Cc2ccccc2)NC1=O. The number of hydrogen-bond acceptors (Lipinski definition) is 15. The fraction of sp³-hybridized carbons (Fsp3) is 0.410. The Morgan fingerprint density at radius 2 is 1.24 bits per heavy atom. The lowest BCUT2D eigenvalue weighted by Gasteiger charge is -2.30. The van der Waals surface area contributed by atoms with Gasteiger partial charge in [-0.05, 0) is 80.3 Å². The molecule has 472 valence electrons. The molecule has 0 radical (unpaired) electrons. The highest BCUT2D eigenvalue weighted by Gasteiger charge is 2.37. The molecule has 4 aromatic carbocycles. The number of aromatic nitrogens is 1. The van der Waals surface area contributed by atoms with Crippen LogP contribution in [0.4, 0.5) is 0 Å². The van der Waals surface area contributed by atoms with Crippen molar-refractivity contribution in [2.75, 3.05) is 37.7 Å². The fourth-order valence-corrected chi connectivity index (χ4v) is 12.0. The van der Waals surface area contributed by atoms with Crippen molar-refractivity contribution in [3.63, 3.8) is 0 Å². The van der Waals surface area contributed by atoms with Crippen LogP contribution < -0.4 is 65.9 Å². The van der Waals surface area contributed by atoms with Gasteiger partial charge in [-0.3, -0.25) is 48.1 Å². The number of para-hydroxylation sites is 1. The van der Waals surface area contributed by atoms with Crippen molar-refractivity contribution >= 4 is 91.6 Å². The molecule has 25 nitrogen and oxygen atoms in total. The van der Waals surface area contributed by atoms with E-state index in [0.29, 0.717) is 29.5 Å². The molecule has 9 atom stereocenters. The van der Waals surface area contributed by atoms with Crippen LogP contribution in [0.25, 0.3) is 10.9 Å². The molecule has 0 saturated carbocycles. The van der Waals surface area contributed by atoms with Crippen LogP contribution in [0, 0.1) is 0 Å². The smallest absolute Gasteiger partial charge is 0.245 e. The molecule has 1 aliphatic rings. The van der Waals surface area contributed by atoms with E-state index in [4.69, 9.17) is 28.7 Å². The van der Waals surface area contributed by atoms with Crippen LogP contribution >= 0.6 is 21.6 Å². The van der Waals surface area contributed by atoms with E-state index in [1.54, 1.807) is 91.1 Å². The second kappa shape index (κ2) is 35.3. The fourth-order valence-electron chi connectivity index (χ4n) is 9.80. The Morgan fingerprint density at radius 1 is 0.670 bits per heavy atom. The number of aliphatic hydroxyl groups is 1. The molecule has 19 N–H and O–H groups in total. The number of guanidine groups is 1. The number of nitrogens with zero attached hydrogens (tertiary/aromatic N) is 2. The summed E-state index contributed by atoms with van der Waals surface area (Å²) in [7, 11) is 2.26. The van der Waals surface area contributed by atoms with Gasteiger partial charge in [-0.1, -0.05) is 131 Å². The van der Waals surface area contributed by atoms with Gasteiger partial charge in [0, 0.05) is 61.0 Å². The van der Waals surface area contributed by atoms with E-state index in [2.05, 4.69) is 47.2 Å². The number of nitrogens with one attached hydrogen (secondary N) is 8. The van der Waals surface area contributed by atoms with Gasteiger partial charge in [0.05, 0.1) is 18.7 Å². The quantitative estimate of drug-likeness (QED) is 0.0169. The van der Waals surface area contributed by atoms with E-state index in [9.17, 15) is 38.7 Å². The zero-order valence-electron chi connectivity index (χ0n) is 49.1. The Bertz CT molecular complexity index is 3160. The minimum Gasteiger partial charge on any atom is -0.391 e. The number of nitrogens with two attached hydrogens (primary N) is 5. The van der Waals surface area contributed by atoms with E-state index >= 15 is 9.59 Å². The van der Waals surface area contributed by atoms with Gasteiger partial charge in [0.2, 0.25) is 53.2 Å². The molecule has 9 amide bonds. The summed E-state index contributed by atoms with van der Waals surface area (Å²) < 4.78 is 0. The zero-order valence-corrected chi connectivity index (χ0v) is 50.7. The monoisotopic (exact) mass is 1250 g/mol. The average molecular weight is 1250 g/mol. The van der Waals surface area contributed by atoms with Crippen molar-refractivity contribution < 1.29 is 48.3 Å². The molecule has 0 unspecified atom stereocenters. The first-order valence-electron chi connectivity index (χ1n) is 29.1. The largest absolute Gasteiger partial charge is 0.391 e. The first-order chi connectivity index (χ1) is 42.3. The lowest BCUT2D eigenvalue weighted by atomic mass is 10.0. The summed E-state index contributed by atoms with van der Waals surface area (Å²) in [4.78, 5) is 138. The number of hydrogen-bond donors (Lipinski definition) is 14. The summed E-state index contributed by atoms with van der Waals surface area (Å²) in [5.41, 5.74) is 32.5. The molecule has 88 heavy (non-hydrogen) atoms. The highest BCUT2D eigenvalue weighted by Crippen LogP contribution is 2.24. The predicted octanol–water partition coefficient (Wildman–Crippen LogP) is -0.568. The first-order valence-corrected chi connectivity index (χ1v) is 31.6. The number of carbonyl (C=O) groups excluding carboxylic acids is 9. The molecule has 1 fully saturated rings. The van der Waals surface area contributed by atoms with E-state index in [1.165, 1.54) is 6.92 Å². The zero-order chi connectivity index (χ0) is 63.5. The molecule has 1 saturated heterocycles. The highest BCUT2D eigenvalue weighted by atomic mass is 33.1. The summed E-state index contributed by atoms with van der Waals surface area (Å²) in [5, 5.41) is 31.2. The maximum absolute atomic E-state index is 15.1. The summed E-state index contributed by atoms with van der Waals surface area (Å²) in [5.74, 6) is -7.66. The second-order valence-electron chi connectivity index (χ2n) is 21.4. The van der Waals surface area contributed by atoms with Gasteiger partial charge >= 0.3 is 0 Å². The van der Waals surface area contributed by atoms with Crippen LogP contribution in [0.5, 0.6) is 0 Å². The number of aliphatic hydroxyl groups excluding tert-OH is 1. The minimum absolute atomic E-state index is 0.00771. The molecule has 0 aliphatic carbocycles. The van der Waals surface area contributed by atoms with E-state index < -0.39 is 114 Å². The van der Waals surface area contributed by atoms with Crippen LogP contribution in [0.15, 0.2) is 126 Å². The van der Waals surface area contributed by atoms with Gasteiger partial charge in [0.1, 0.15) is 42.3 Å². The number of rotatable bonds is 23. The number of unbranched alkanes of at least 4 members (excludes halogenated alkanes) is 1. The number of primary amides is 1. The van der Waals surface area contributed by atoms with E-state index in [0.717, 1.165) is 43.0 Å². The second-order valence-corrected chi connectivity index (χ2v) is 24.0. The van der Waals surface area contributed by atoms with Gasteiger partial charge in [-0.25, -0.2) is 0 Å². The van der Waals surface area contributed by atoms with Crippen molar-refractivity contribution in [3.05, 3.63) is 144 Å². The molecular formula is C61H81N15O10S2. The third kappa shape index (κ3) is 22.0. The Morgan fingerprint density at radius 3 is 1.86 bits per heavy atom. The number of benzene rings is 4. The predicted molar refractivity (Wildman–Crippen MR) is 339 cm³/mol. The average Bonchev–Trinajstić information content (AvgIpc) is 4.18. The summed E-state index contributed by atoms with van der Waals surface area (Å²) >= 11 is 0. The Kier molecular flexibility index (Phi) is 27.6. The lowest BCUT2D eigenvalue weighted by Crippen LogP contribution is -2.62. The van der Waals surface area contributed by atoms with E-state index in [1.807, 2.05) is 30.3 Å². The normalized spacial score (nSPS) is 20.6. The lowest BCUT2D eigenvalue weighted by molar-refractivity contribution is -0.140. The third-order valence-electron chi connectivity index (χ3n) is 14.5. The molecule has 0 spiro atoms. The van der Waals surface area contributed by atoms with Crippen molar-refractivity contribution in [2.45, 2.75) is 119 Å². The first kappa shape index (κ1) is 68.6. The minimum atomic E-state index is -1.68. The van der Waals surface area contributed by atoms with Crippen molar-refractivity contribution in [3.8, 4) is 0 Å². The Hall–Kier alpha value is -8.50. The molecule has 1 aliphatic heterocycles. The van der Waals surface area contributed by atoms with Crippen molar-refractivity contribution in [2.24, 2.45) is 33.7 Å². The van der Waals surface area contributed by atoms with Gasteiger partial charge in [0.25, 0.3) is 0 Å². The standard InChI is InChI=1S/C61H81N15O10S2/c1-37(77)52-59(85)73-49(32-40-20-9-4-10-21-40)60(86)76(35-51(64)78)28-29-87-88-36-50(74-54(80)46(25-15-27-67-61(65)66)69-53(79)43(63)30-38-16-5-2-6-17-38)58(84)71-47(31-39-18-7-3-8-19-39)56(82)72-48(33-41-34-68-44-23-12-11-22-42(41)44)57(83)70-45(55(81)75-52)24-13-14-26-62/h2-12,16-23,34,37,43,45-50,52,68,77H,13-15,24-33,35-36,62-63H2,1H3,(H2,64,78)(H,69,79)(H,70,83)(H,71,84)(H,72,82)(H,73,85)(H,74,80)(H,75,81)(H4,65,66,67)/t37-,43-,45+,46+,47+,48-,49+,50+,52+/m1/s1. The van der Waals surface area contributed by atoms with Gasteiger partial charge in [0.15, 0.2) is 5.96 Å². The van der Waals surface area contributed by atoms with Gasteiger partial charge in [-0.2, -0.15) is 0 Å². The van der Waals surface area contributed by atoms with Crippen molar-refractivity contribution in [1.29, 1.82) is 0 Å². The van der Waals surface area contributed by atoms with Gasteiger partial charge in [-0.15, -0.1) is 0 Å². The molecule has 27 heteroatoms. The summed E-state index contributed by atoms with van der Waals surface area (Å²) in [6.45, 7) is 0.888. The van der Waals surface area contributed by atoms with Gasteiger partial charge < -0.3 is 80.9 Å². The summed E-state index contributed by atoms with van der Waals surface area (Å²) in [6.07, 6.45) is 0.859. The van der Waals surface area contributed by atoms with Crippen LogP contribution in [0.3, 0.4) is 0 Å². The molecule has 0 bridgehead atoms. The van der Waals surface area contributed by atoms with Crippen LogP contribution in [0.1, 0.15) is 61.3 Å². The molecular weight excluding hydrogens is 1170 g/mol. The van der Waals surface area contributed by atoms with Crippen LogP contribution in [-0.2, 0) is 68.8 Å². The maximum atomic E-state index is 15.1. The third-order valence-corrected chi connectivity index (χ3v) is 16.8. The maximum Gasteiger partial charge on any atom is 0.245 e. The summed E-state index contributed by atoms with van der Waals surface area (Å²) in [6, 6.07) is 22.6. The molecule has 1 aromatic heterocycles. The number of carbonyl (C=O) groups is 9. The Labute approximate surface area is 518 Å². The number of aromatic amines is 1. The number of fused-ring (bicyclic) bond motifs is 1. The Balaban J connectivity index is 1.42. The highest BCUT2D eigenvalue weighted by molar-refractivity contribution is 8.76. The topological polar surface area (TPSA) is 420 Å². The number of aliphatic imine (C=N–C) groups is 1. The van der Waals surface area contributed by atoms with Crippen molar-refractivity contribution in [1.82, 2.24) is 47.1 Å². The van der Waals surface area contributed by atoms with E-state index in [-0.39, 0.29) is 82.0 Å². The molecule has 2 heterocycles. The van der Waals surface area contributed by atoms with Crippen LogP contribution in [0.2, 0.25) is 0 Å². The number of amides is 9.